The molecule has 0 amide bonds. The topological polar surface area (TPSA) is 63.6 Å². The maximum Gasteiger partial charge on any atom is 0.341 e. The zero-order valence-corrected chi connectivity index (χ0v) is 8.90. The SMILES string of the molecule is CCCC(=O)[C@]1(O)OC(=O)c2ccccc21. The van der Waals surface area contributed by atoms with Crippen LogP contribution in [0.25, 0.3) is 0 Å². The fraction of sp³-hybridized carbons (Fsp3) is 0.333. The smallest absolute Gasteiger partial charge is 0.341 e. The van der Waals surface area contributed by atoms with E-state index in [2.05, 4.69) is 0 Å². The van der Waals surface area contributed by atoms with Crippen LogP contribution in [0.3, 0.4) is 0 Å². The zero-order valence-electron chi connectivity index (χ0n) is 8.90. The van der Waals surface area contributed by atoms with Crippen molar-refractivity contribution in [2.75, 3.05) is 0 Å². The van der Waals surface area contributed by atoms with Gasteiger partial charge in [-0.1, -0.05) is 25.1 Å². The van der Waals surface area contributed by atoms with Gasteiger partial charge in [0.05, 0.1) is 5.56 Å². The number of cyclic esters (lactones) is 1. The Morgan fingerprint density at radius 1 is 1.44 bits per heavy atom. The van der Waals surface area contributed by atoms with Gasteiger partial charge in [-0.05, 0) is 12.5 Å². The van der Waals surface area contributed by atoms with E-state index in [1.54, 1.807) is 12.1 Å². The Labute approximate surface area is 92.8 Å². The molecule has 1 heterocycles. The van der Waals surface area contributed by atoms with E-state index in [4.69, 9.17) is 4.74 Å². The highest BCUT2D eigenvalue weighted by Gasteiger charge is 2.49. The highest BCUT2D eigenvalue weighted by molar-refractivity contribution is 6.01. The molecule has 0 aromatic heterocycles. The third-order valence-electron chi connectivity index (χ3n) is 2.61. The summed E-state index contributed by atoms with van der Waals surface area (Å²) < 4.78 is 4.80. The molecule has 0 radical (unpaired) electrons. The Balaban J connectivity index is 2.46. The van der Waals surface area contributed by atoms with E-state index in [0.717, 1.165) is 0 Å². The van der Waals surface area contributed by atoms with E-state index >= 15 is 0 Å². The molecule has 1 aliphatic rings. The molecule has 0 saturated carbocycles. The van der Waals surface area contributed by atoms with Crippen molar-refractivity contribution in [3.05, 3.63) is 35.4 Å². The number of rotatable bonds is 3. The van der Waals surface area contributed by atoms with Gasteiger partial charge in [0, 0.05) is 12.0 Å². The number of esters is 1. The fourth-order valence-corrected chi connectivity index (χ4v) is 1.80. The molecule has 1 aromatic rings. The number of benzene rings is 1. The van der Waals surface area contributed by atoms with Gasteiger partial charge in [0.25, 0.3) is 5.79 Å². The summed E-state index contributed by atoms with van der Waals surface area (Å²) >= 11 is 0. The highest BCUT2D eigenvalue weighted by Crippen LogP contribution is 2.35. The van der Waals surface area contributed by atoms with Crippen LogP contribution < -0.4 is 0 Å². The molecule has 1 aromatic carbocycles. The Kier molecular flexibility index (Phi) is 2.52. The maximum atomic E-state index is 11.7. The van der Waals surface area contributed by atoms with Crippen LogP contribution in [0.15, 0.2) is 24.3 Å². The van der Waals surface area contributed by atoms with Crippen LogP contribution in [0, 0.1) is 0 Å². The second-order valence-electron chi connectivity index (χ2n) is 3.75. The van der Waals surface area contributed by atoms with Gasteiger partial charge in [0.15, 0.2) is 0 Å². The Hall–Kier alpha value is -1.68. The first-order valence-corrected chi connectivity index (χ1v) is 5.18. The number of Topliss-reactive ketones (excluding diaryl/α,β-unsaturated/α-hetero) is 1. The summed E-state index contributed by atoms with van der Waals surface area (Å²) in [5, 5.41) is 10.1. The van der Waals surface area contributed by atoms with Crippen molar-refractivity contribution >= 4 is 11.8 Å². The molecule has 4 heteroatoms. The molecular formula is C12H12O4. The molecule has 0 spiro atoms. The van der Waals surface area contributed by atoms with Crippen LogP contribution in [0.1, 0.15) is 35.7 Å². The maximum absolute atomic E-state index is 11.7. The first-order chi connectivity index (χ1) is 7.59. The van der Waals surface area contributed by atoms with Crippen molar-refractivity contribution in [1.82, 2.24) is 0 Å². The van der Waals surface area contributed by atoms with Crippen LogP contribution in [0.4, 0.5) is 0 Å². The van der Waals surface area contributed by atoms with Gasteiger partial charge in [-0.25, -0.2) is 4.79 Å². The molecule has 1 N–H and O–H groups in total. The zero-order chi connectivity index (χ0) is 11.8. The molecular weight excluding hydrogens is 208 g/mol. The van der Waals surface area contributed by atoms with Gasteiger partial charge in [-0.2, -0.15) is 0 Å². The van der Waals surface area contributed by atoms with E-state index in [1.807, 2.05) is 6.92 Å². The quantitative estimate of drug-likeness (QED) is 0.781. The predicted molar refractivity (Wildman–Crippen MR) is 55.7 cm³/mol. The van der Waals surface area contributed by atoms with Gasteiger partial charge in [0.1, 0.15) is 0 Å². The van der Waals surface area contributed by atoms with Crippen molar-refractivity contribution < 1.29 is 19.4 Å². The third-order valence-corrected chi connectivity index (χ3v) is 2.61. The summed E-state index contributed by atoms with van der Waals surface area (Å²) in [6.45, 7) is 1.82. The second kappa shape index (κ2) is 3.72. The van der Waals surface area contributed by atoms with Crippen molar-refractivity contribution in [3.8, 4) is 0 Å². The minimum Gasteiger partial charge on any atom is -0.417 e. The van der Waals surface area contributed by atoms with Crippen LogP contribution in [0.5, 0.6) is 0 Å². The number of ketones is 1. The van der Waals surface area contributed by atoms with E-state index in [-0.39, 0.29) is 17.5 Å². The third kappa shape index (κ3) is 1.42. The van der Waals surface area contributed by atoms with E-state index in [9.17, 15) is 14.7 Å². The average molecular weight is 220 g/mol. The predicted octanol–water partition coefficient (Wildman–Crippen LogP) is 1.37. The van der Waals surface area contributed by atoms with Gasteiger partial charge < -0.3 is 9.84 Å². The van der Waals surface area contributed by atoms with E-state index < -0.39 is 17.5 Å². The number of fused-ring (bicyclic) bond motifs is 1. The normalized spacial score (nSPS) is 22.8. The highest BCUT2D eigenvalue weighted by atomic mass is 16.7. The lowest BCUT2D eigenvalue weighted by atomic mass is 9.97. The molecule has 4 nitrogen and oxygen atoms in total. The number of aliphatic hydroxyl groups is 1. The molecule has 0 saturated heterocycles. The number of carbonyl (C=O) groups is 2. The Bertz CT molecular complexity index is 452. The number of carbonyl (C=O) groups excluding carboxylic acids is 2. The lowest BCUT2D eigenvalue weighted by Gasteiger charge is -2.20. The summed E-state index contributed by atoms with van der Waals surface area (Å²) in [6.07, 6.45) is 0.777. The van der Waals surface area contributed by atoms with E-state index in [0.29, 0.717) is 6.42 Å². The number of hydrogen-bond acceptors (Lipinski definition) is 4. The number of hydrogen-bond donors (Lipinski definition) is 1. The van der Waals surface area contributed by atoms with Crippen LogP contribution in [-0.4, -0.2) is 16.9 Å². The molecule has 0 bridgehead atoms. The molecule has 16 heavy (non-hydrogen) atoms. The first kappa shape index (κ1) is 10.8. The lowest BCUT2D eigenvalue weighted by Crippen LogP contribution is -2.35. The molecule has 1 aliphatic heterocycles. The first-order valence-electron chi connectivity index (χ1n) is 5.18. The Morgan fingerprint density at radius 2 is 2.12 bits per heavy atom. The van der Waals surface area contributed by atoms with Gasteiger partial charge in [-0.3, -0.25) is 4.79 Å². The van der Waals surface area contributed by atoms with Gasteiger partial charge >= 0.3 is 5.97 Å². The van der Waals surface area contributed by atoms with Crippen LogP contribution in [-0.2, 0) is 15.3 Å². The molecule has 2 rings (SSSR count). The second-order valence-corrected chi connectivity index (χ2v) is 3.75. The molecule has 0 fully saturated rings. The molecule has 84 valence electrons. The van der Waals surface area contributed by atoms with Crippen LogP contribution >= 0.6 is 0 Å². The standard InChI is InChI=1S/C12H12O4/c1-2-5-10(13)12(15)9-7-4-3-6-8(9)11(14)16-12/h3-4,6-7,15H,2,5H2,1H3/t12-/m1/s1. The fourth-order valence-electron chi connectivity index (χ4n) is 1.80. The van der Waals surface area contributed by atoms with Crippen molar-refractivity contribution in [2.24, 2.45) is 0 Å². The van der Waals surface area contributed by atoms with Gasteiger partial charge in [0.2, 0.25) is 5.78 Å². The molecule has 0 aliphatic carbocycles. The molecule has 1 atom stereocenters. The van der Waals surface area contributed by atoms with Crippen LogP contribution in [0.2, 0.25) is 0 Å². The van der Waals surface area contributed by atoms with E-state index in [1.165, 1.54) is 12.1 Å². The number of ether oxygens (including phenoxy) is 1. The van der Waals surface area contributed by atoms with Gasteiger partial charge in [-0.15, -0.1) is 0 Å². The average Bonchev–Trinajstić information content (AvgIpc) is 2.54. The monoisotopic (exact) mass is 220 g/mol. The summed E-state index contributed by atoms with van der Waals surface area (Å²) in [5.74, 6) is -3.21. The minimum absolute atomic E-state index is 0.179. The summed E-state index contributed by atoms with van der Waals surface area (Å²) in [6, 6.07) is 6.39. The lowest BCUT2D eigenvalue weighted by molar-refractivity contribution is -0.183. The minimum atomic E-state index is -2.08. The summed E-state index contributed by atoms with van der Waals surface area (Å²) in [5.41, 5.74) is 0.507. The van der Waals surface area contributed by atoms with Crippen molar-refractivity contribution in [3.63, 3.8) is 0 Å². The summed E-state index contributed by atoms with van der Waals surface area (Å²) in [4.78, 5) is 23.2. The summed E-state index contributed by atoms with van der Waals surface area (Å²) in [7, 11) is 0. The largest absolute Gasteiger partial charge is 0.417 e. The molecule has 0 unspecified atom stereocenters. The van der Waals surface area contributed by atoms with Crippen molar-refractivity contribution in [1.29, 1.82) is 0 Å². The van der Waals surface area contributed by atoms with Crippen molar-refractivity contribution in [2.45, 2.75) is 25.6 Å². The Morgan fingerprint density at radius 3 is 2.81 bits per heavy atom.